The van der Waals surface area contributed by atoms with Gasteiger partial charge in [-0.15, -0.1) is 0 Å². The Kier molecular flexibility index (Phi) is 4.86. The van der Waals surface area contributed by atoms with Crippen LogP contribution in [0.1, 0.15) is 5.56 Å². The van der Waals surface area contributed by atoms with E-state index in [1.165, 1.54) is 6.07 Å². The van der Waals surface area contributed by atoms with Crippen LogP contribution in [0.2, 0.25) is 10.0 Å². The lowest BCUT2D eigenvalue weighted by atomic mass is 10.1. The molecular formula is C13H9BrCl2N2O2. The molecule has 2 rings (SSSR count). The van der Waals surface area contributed by atoms with Crippen LogP contribution in [0.25, 0.3) is 0 Å². The largest absolute Gasteiger partial charge is 0.381 e. The van der Waals surface area contributed by atoms with Gasteiger partial charge in [0.15, 0.2) is 0 Å². The van der Waals surface area contributed by atoms with E-state index in [9.17, 15) is 10.1 Å². The minimum atomic E-state index is -0.444. The Morgan fingerprint density at radius 2 is 1.95 bits per heavy atom. The molecule has 0 saturated carbocycles. The zero-order valence-corrected chi connectivity index (χ0v) is 13.2. The predicted octanol–water partition coefficient (Wildman–Crippen LogP) is 5.28. The molecule has 104 valence electrons. The summed E-state index contributed by atoms with van der Waals surface area (Å²) in [5, 5.41) is 15.0. The highest BCUT2D eigenvalue weighted by atomic mass is 79.9. The molecule has 0 aliphatic rings. The molecule has 4 nitrogen and oxygen atoms in total. The SMILES string of the molecule is O=[N+]([O-])c1cccc(Cl)c1CNc1ccc(Cl)c(Br)c1. The molecule has 0 aliphatic carbocycles. The van der Waals surface area contributed by atoms with Gasteiger partial charge in [0.1, 0.15) is 0 Å². The van der Waals surface area contributed by atoms with Gasteiger partial charge in [-0.05, 0) is 40.2 Å². The van der Waals surface area contributed by atoms with E-state index in [2.05, 4.69) is 21.2 Å². The molecule has 2 aromatic carbocycles. The van der Waals surface area contributed by atoms with Gasteiger partial charge in [0.25, 0.3) is 5.69 Å². The number of halogens is 3. The molecule has 0 amide bonds. The summed E-state index contributed by atoms with van der Waals surface area (Å²) in [5.74, 6) is 0. The molecule has 1 N–H and O–H groups in total. The number of nitrogens with zero attached hydrogens (tertiary/aromatic N) is 1. The van der Waals surface area contributed by atoms with Crippen LogP contribution in [-0.2, 0) is 6.54 Å². The summed E-state index contributed by atoms with van der Waals surface area (Å²) >= 11 is 15.2. The zero-order valence-electron chi connectivity index (χ0n) is 10.1. The summed E-state index contributed by atoms with van der Waals surface area (Å²) in [4.78, 5) is 10.5. The van der Waals surface area contributed by atoms with Gasteiger partial charge in [-0.25, -0.2) is 0 Å². The third-order valence-electron chi connectivity index (χ3n) is 2.68. The highest BCUT2D eigenvalue weighted by molar-refractivity contribution is 9.10. The van der Waals surface area contributed by atoms with E-state index >= 15 is 0 Å². The Bertz CT molecular complexity index is 665. The van der Waals surface area contributed by atoms with Gasteiger partial charge in [0, 0.05) is 22.8 Å². The minimum absolute atomic E-state index is 0.00182. The summed E-state index contributed by atoms with van der Waals surface area (Å²) in [5.41, 5.74) is 1.23. The van der Waals surface area contributed by atoms with E-state index in [4.69, 9.17) is 23.2 Å². The van der Waals surface area contributed by atoms with Crippen LogP contribution in [0.15, 0.2) is 40.9 Å². The van der Waals surface area contributed by atoms with Crippen molar-refractivity contribution in [2.75, 3.05) is 5.32 Å². The van der Waals surface area contributed by atoms with Crippen molar-refractivity contribution in [1.82, 2.24) is 0 Å². The second kappa shape index (κ2) is 6.43. The van der Waals surface area contributed by atoms with Crippen molar-refractivity contribution in [1.29, 1.82) is 0 Å². The van der Waals surface area contributed by atoms with Crippen LogP contribution >= 0.6 is 39.1 Å². The summed E-state index contributed by atoms with van der Waals surface area (Å²) < 4.78 is 0.748. The molecule has 0 unspecified atom stereocenters. The average Bonchev–Trinajstić information content (AvgIpc) is 2.40. The van der Waals surface area contributed by atoms with Crippen molar-refractivity contribution < 1.29 is 4.92 Å². The predicted molar refractivity (Wildman–Crippen MR) is 84.6 cm³/mol. The first-order valence-corrected chi connectivity index (χ1v) is 7.14. The maximum atomic E-state index is 11.0. The summed E-state index contributed by atoms with van der Waals surface area (Å²) in [6.45, 7) is 0.254. The van der Waals surface area contributed by atoms with Crippen molar-refractivity contribution >= 4 is 50.5 Å². The van der Waals surface area contributed by atoms with Gasteiger partial charge in [-0.2, -0.15) is 0 Å². The van der Waals surface area contributed by atoms with Crippen molar-refractivity contribution in [2.45, 2.75) is 6.54 Å². The van der Waals surface area contributed by atoms with Gasteiger partial charge >= 0.3 is 0 Å². The van der Waals surface area contributed by atoms with Crippen LogP contribution in [0.4, 0.5) is 11.4 Å². The lowest BCUT2D eigenvalue weighted by Gasteiger charge is -2.09. The first-order chi connectivity index (χ1) is 9.49. The Morgan fingerprint density at radius 3 is 2.60 bits per heavy atom. The fourth-order valence-electron chi connectivity index (χ4n) is 1.69. The van der Waals surface area contributed by atoms with Gasteiger partial charge in [0.05, 0.1) is 20.5 Å². The monoisotopic (exact) mass is 374 g/mol. The molecule has 0 aromatic heterocycles. The van der Waals surface area contributed by atoms with Crippen molar-refractivity contribution in [3.8, 4) is 0 Å². The molecule has 2 aromatic rings. The molecule has 0 fully saturated rings. The smallest absolute Gasteiger partial charge is 0.275 e. The van der Waals surface area contributed by atoms with Gasteiger partial charge in [0.2, 0.25) is 0 Å². The van der Waals surface area contributed by atoms with Gasteiger partial charge < -0.3 is 5.32 Å². The number of nitro benzene ring substituents is 1. The lowest BCUT2D eigenvalue weighted by molar-refractivity contribution is -0.385. The molecule has 0 saturated heterocycles. The standard InChI is InChI=1S/C13H9BrCl2N2O2/c14-10-6-8(4-5-12(10)16)17-7-9-11(15)2-1-3-13(9)18(19)20/h1-6,17H,7H2. The van der Waals surface area contributed by atoms with E-state index < -0.39 is 4.92 Å². The number of anilines is 1. The lowest BCUT2D eigenvalue weighted by Crippen LogP contribution is -2.04. The fraction of sp³-hybridized carbons (Fsp3) is 0.0769. The number of hydrogen-bond donors (Lipinski definition) is 1. The van der Waals surface area contributed by atoms with Gasteiger partial charge in [-0.3, -0.25) is 10.1 Å². The minimum Gasteiger partial charge on any atom is -0.381 e. The Morgan fingerprint density at radius 1 is 1.20 bits per heavy atom. The number of rotatable bonds is 4. The van der Waals surface area contributed by atoms with Crippen LogP contribution in [0.3, 0.4) is 0 Å². The quantitative estimate of drug-likeness (QED) is 0.584. The number of hydrogen-bond acceptors (Lipinski definition) is 3. The topological polar surface area (TPSA) is 55.2 Å². The Balaban J connectivity index is 2.22. The molecule has 0 atom stereocenters. The van der Waals surface area contributed by atoms with E-state index in [0.717, 1.165) is 10.2 Å². The summed E-state index contributed by atoms with van der Waals surface area (Å²) in [6.07, 6.45) is 0. The Hall–Kier alpha value is -1.30. The number of nitro groups is 1. The molecule has 20 heavy (non-hydrogen) atoms. The molecule has 0 bridgehead atoms. The summed E-state index contributed by atoms with van der Waals surface area (Å²) in [6, 6.07) is 9.93. The maximum Gasteiger partial charge on any atom is 0.275 e. The molecule has 7 heteroatoms. The maximum absolute atomic E-state index is 11.0. The number of nitrogens with one attached hydrogen (secondary N) is 1. The molecule has 0 heterocycles. The van der Waals surface area contributed by atoms with E-state index in [1.54, 1.807) is 30.3 Å². The van der Waals surface area contributed by atoms with Crippen molar-refractivity contribution in [3.05, 3.63) is 66.6 Å². The van der Waals surface area contributed by atoms with Gasteiger partial charge in [-0.1, -0.05) is 29.3 Å². The molecule has 0 spiro atoms. The van der Waals surface area contributed by atoms with Crippen LogP contribution in [-0.4, -0.2) is 4.92 Å². The Labute approximate surface area is 134 Å². The van der Waals surface area contributed by atoms with Crippen molar-refractivity contribution in [3.63, 3.8) is 0 Å². The fourth-order valence-corrected chi connectivity index (χ4v) is 2.42. The van der Waals surface area contributed by atoms with Crippen LogP contribution in [0, 0.1) is 10.1 Å². The summed E-state index contributed by atoms with van der Waals surface area (Å²) in [7, 11) is 0. The first-order valence-electron chi connectivity index (χ1n) is 5.59. The normalized spacial score (nSPS) is 10.3. The second-order valence-electron chi connectivity index (χ2n) is 3.98. The number of benzene rings is 2. The van der Waals surface area contributed by atoms with E-state index in [0.29, 0.717) is 15.6 Å². The van der Waals surface area contributed by atoms with E-state index in [1.807, 2.05) is 0 Å². The zero-order chi connectivity index (χ0) is 14.7. The highest BCUT2D eigenvalue weighted by Crippen LogP contribution is 2.29. The second-order valence-corrected chi connectivity index (χ2v) is 5.65. The van der Waals surface area contributed by atoms with Crippen LogP contribution in [0.5, 0.6) is 0 Å². The molecule has 0 aliphatic heterocycles. The van der Waals surface area contributed by atoms with Crippen LogP contribution < -0.4 is 5.32 Å². The van der Waals surface area contributed by atoms with E-state index in [-0.39, 0.29) is 12.2 Å². The average molecular weight is 376 g/mol. The third kappa shape index (κ3) is 3.42. The third-order valence-corrected chi connectivity index (χ3v) is 4.25. The molecular weight excluding hydrogens is 367 g/mol. The molecule has 0 radical (unpaired) electrons. The van der Waals surface area contributed by atoms with Crippen molar-refractivity contribution in [2.24, 2.45) is 0 Å². The highest BCUT2D eigenvalue weighted by Gasteiger charge is 2.16. The first kappa shape index (κ1) is 15.1.